The van der Waals surface area contributed by atoms with Crippen LogP contribution in [-0.4, -0.2) is 26.8 Å². The lowest BCUT2D eigenvalue weighted by molar-refractivity contribution is 0.200. The molecule has 1 N–H and O–H groups in total. The van der Waals surface area contributed by atoms with Gasteiger partial charge < -0.3 is 10.1 Å². The van der Waals surface area contributed by atoms with Gasteiger partial charge in [0.2, 0.25) is 0 Å². The van der Waals surface area contributed by atoms with Crippen LogP contribution in [0.1, 0.15) is 18.9 Å². The molecule has 0 aliphatic heterocycles. The molecule has 0 radical (unpaired) electrons. The summed E-state index contributed by atoms with van der Waals surface area (Å²) in [5, 5.41) is 4.10. The minimum absolute atomic E-state index is 0.738. The van der Waals surface area contributed by atoms with E-state index >= 15 is 0 Å². The van der Waals surface area contributed by atoms with Gasteiger partial charge in [0.25, 0.3) is 0 Å². The highest BCUT2D eigenvalue weighted by molar-refractivity contribution is 9.10. The second kappa shape index (κ2) is 8.70. The molecule has 0 saturated heterocycles. The Morgan fingerprint density at radius 3 is 2.89 bits per heavy atom. The largest absolute Gasteiger partial charge is 0.383 e. The number of nitrogens with one attached hydrogen (secondary N) is 1. The summed E-state index contributed by atoms with van der Waals surface area (Å²) in [6, 6.07) is 5.85. The number of hydrogen-bond donors (Lipinski definition) is 1. The van der Waals surface area contributed by atoms with Crippen LogP contribution >= 0.6 is 27.5 Å². The van der Waals surface area contributed by atoms with Gasteiger partial charge in [-0.05, 0) is 24.1 Å². The molecule has 0 heterocycles. The van der Waals surface area contributed by atoms with Crippen molar-refractivity contribution in [3.05, 3.63) is 38.8 Å². The fourth-order valence-corrected chi connectivity index (χ4v) is 2.34. The monoisotopic (exact) mass is 331 g/mol. The van der Waals surface area contributed by atoms with E-state index in [-0.39, 0.29) is 0 Å². The molecular weight excluding hydrogens is 314 g/mol. The van der Waals surface area contributed by atoms with Crippen molar-refractivity contribution in [2.75, 3.05) is 26.8 Å². The van der Waals surface area contributed by atoms with Crippen molar-refractivity contribution in [3.8, 4) is 0 Å². The number of hydrogen-bond acceptors (Lipinski definition) is 2. The number of benzene rings is 1. The highest BCUT2D eigenvalue weighted by atomic mass is 79.9. The topological polar surface area (TPSA) is 21.3 Å². The summed E-state index contributed by atoms with van der Waals surface area (Å²) in [5.74, 6) is 0. The fourth-order valence-electron chi connectivity index (χ4n) is 1.54. The van der Waals surface area contributed by atoms with E-state index in [0.717, 1.165) is 41.2 Å². The van der Waals surface area contributed by atoms with E-state index in [1.807, 2.05) is 18.2 Å². The van der Waals surface area contributed by atoms with Crippen LogP contribution in [0.3, 0.4) is 0 Å². The zero-order chi connectivity index (χ0) is 13.4. The average Bonchev–Trinajstić information content (AvgIpc) is 2.35. The van der Waals surface area contributed by atoms with E-state index in [0.29, 0.717) is 0 Å². The molecule has 0 unspecified atom stereocenters. The summed E-state index contributed by atoms with van der Waals surface area (Å²) >= 11 is 9.46. The minimum Gasteiger partial charge on any atom is -0.383 e. The third-order valence-corrected chi connectivity index (χ3v) is 3.53. The first-order valence-electron chi connectivity index (χ1n) is 6.01. The summed E-state index contributed by atoms with van der Waals surface area (Å²) < 4.78 is 6.03. The summed E-state index contributed by atoms with van der Waals surface area (Å²) in [6.07, 6.45) is 3.22. The van der Waals surface area contributed by atoms with E-state index in [2.05, 4.69) is 34.2 Å². The van der Waals surface area contributed by atoms with E-state index in [1.165, 1.54) is 5.57 Å². The fraction of sp³-hybridized carbons (Fsp3) is 0.429. The van der Waals surface area contributed by atoms with Crippen LogP contribution in [0.25, 0.3) is 6.08 Å². The Morgan fingerprint density at radius 1 is 1.50 bits per heavy atom. The molecule has 0 atom stereocenters. The maximum atomic E-state index is 5.93. The summed E-state index contributed by atoms with van der Waals surface area (Å²) in [5.41, 5.74) is 2.51. The first-order chi connectivity index (χ1) is 8.67. The standard InChI is InChI=1S/C14H19BrClNO/c1-3-11(10-17-6-7-18-2)8-12-4-5-13(16)9-14(12)15/h4-5,8-9,17H,3,6-7,10H2,1-2H3/b11-8-. The van der Waals surface area contributed by atoms with Gasteiger partial charge in [-0.3, -0.25) is 0 Å². The highest BCUT2D eigenvalue weighted by Crippen LogP contribution is 2.24. The number of ether oxygens (including phenoxy) is 1. The smallest absolute Gasteiger partial charge is 0.0587 e. The Bertz CT molecular complexity index is 407. The van der Waals surface area contributed by atoms with Crippen molar-refractivity contribution >= 4 is 33.6 Å². The van der Waals surface area contributed by atoms with Gasteiger partial charge in [-0.2, -0.15) is 0 Å². The van der Waals surface area contributed by atoms with Crippen molar-refractivity contribution in [3.63, 3.8) is 0 Å². The highest BCUT2D eigenvalue weighted by Gasteiger charge is 2.00. The summed E-state index contributed by atoms with van der Waals surface area (Å²) in [4.78, 5) is 0. The Hall–Kier alpha value is -0.350. The van der Waals surface area contributed by atoms with Crippen molar-refractivity contribution < 1.29 is 4.74 Å². The third-order valence-electron chi connectivity index (χ3n) is 2.61. The number of halogens is 2. The molecular formula is C14H19BrClNO. The Morgan fingerprint density at radius 2 is 2.28 bits per heavy atom. The molecule has 0 bridgehead atoms. The maximum absolute atomic E-state index is 5.93. The lowest BCUT2D eigenvalue weighted by Gasteiger charge is -2.08. The number of methoxy groups -OCH3 is 1. The quantitative estimate of drug-likeness (QED) is 0.758. The molecule has 2 nitrogen and oxygen atoms in total. The van der Waals surface area contributed by atoms with E-state index < -0.39 is 0 Å². The molecule has 1 rings (SSSR count). The predicted octanol–water partition coefficient (Wildman–Crippen LogP) is 4.13. The Balaban J connectivity index is 2.65. The van der Waals surface area contributed by atoms with Crippen LogP contribution in [0.5, 0.6) is 0 Å². The third kappa shape index (κ3) is 5.53. The molecule has 0 amide bonds. The molecule has 100 valence electrons. The molecule has 0 aromatic heterocycles. The second-order valence-electron chi connectivity index (χ2n) is 3.99. The minimum atomic E-state index is 0.738. The van der Waals surface area contributed by atoms with Gasteiger partial charge in [-0.15, -0.1) is 0 Å². The van der Waals surface area contributed by atoms with Gasteiger partial charge in [0.15, 0.2) is 0 Å². The van der Waals surface area contributed by atoms with E-state index in [9.17, 15) is 0 Å². The van der Waals surface area contributed by atoms with Crippen LogP contribution in [0, 0.1) is 0 Å². The average molecular weight is 333 g/mol. The van der Waals surface area contributed by atoms with Gasteiger partial charge in [0.05, 0.1) is 6.61 Å². The van der Waals surface area contributed by atoms with Gasteiger partial charge in [-0.25, -0.2) is 0 Å². The molecule has 0 aliphatic carbocycles. The van der Waals surface area contributed by atoms with E-state index in [4.69, 9.17) is 16.3 Å². The van der Waals surface area contributed by atoms with Gasteiger partial charge in [-0.1, -0.05) is 52.2 Å². The molecule has 18 heavy (non-hydrogen) atoms. The van der Waals surface area contributed by atoms with Gasteiger partial charge in [0.1, 0.15) is 0 Å². The van der Waals surface area contributed by atoms with Crippen molar-refractivity contribution in [2.45, 2.75) is 13.3 Å². The SMILES string of the molecule is CC/C(=C/c1ccc(Cl)cc1Br)CNCCOC. The molecule has 0 aliphatic rings. The van der Waals surface area contributed by atoms with Crippen LogP contribution in [0.2, 0.25) is 5.02 Å². The Labute approximate surface area is 122 Å². The normalized spacial score (nSPS) is 11.9. The first kappa shape index (κ1) is 15.7. The lowest BCUT2D eigenvalue weighted by Crippen LogP contribution is -2.21. The molecule has 1 aromatic rings. The van der Waals surface area contributed by atoms with Crippen molar-refractivity contribution in [1.29, 1.82) is 0 Å². The molecule has 4 heteroatoms. The summed E-state index contributed by atoms with van der Waals surface area (Å²) in [7, 11) is 1.71. The Kier molecular flexibility index (Phi) is 7.59. The second-order valence-corrected chi connectivity index (χ2v) is 5.28. The summed E-state index contributed by atoms with van der Waals surface area (Å²) in [6.45, 7) is 4.65. The molecule has 0 saturated carbocycles. The molecule has 0 spiro atoms. The number of rotatable bonds is 7. The van der Waals surface area contributed by atoms with Crippen molar-refractivity contribution in [2.24, 2.45) is 0 Å². The first-order valence-corrected chi connectivity index (χ1v) is 7.18. The van der Waals surface area contributed by atoms with Crippen LogP contribution < -0.4 is 5.32 Å². The zero-order valence-electron chi connectivity index (χ0n) is 10.8. The molecule has 1 aromatic carbocycles. The van der Waals surface area contributed by atoms with E-state index in [1.54, 1.807) is 7.11 Å². The van der Waals surface area contributed by atoms with Crippen LogP contribution in [0.4, 0.5) is 0 Å². The predicted molar refractivity (Wildman–Crippen MR) is 82.2 cm³/mol. The maximum Gasteiger partial charge on any atom is 0.0587 e. The van der Waals surface area contributed by atoms with Gasteiger partial charge in [0, 0.05) is 29.7 Å². The molecule has 0 fully saturated rings. The zero-order valence-corrected chi connectivity index (χ0v) is 13.1. The lowest BCUT2D eigenvalue weighted by atomic mass is 10.1. The van der Waals surface area contributed by atoms with Crippen LogP contribution in [0.15, 0.2) is 28.2 Å². The van der Waals surface area contributed by atoms with Gasteiger partial charge >= 0.3 is 0 Å². The van der Waals surface area contributed by atoms with Crippen LogP contribution in [-0.2, 0) is 4.74 Å². The van der Waals surface area contributed by atoms with Crippen molar-refractivity contribution in [1.82, 2.24) is 5.32 Å².